The number of para-hydroxylation sites is 1. The van der Waals surface area contributed by atoms with Gasteiger partial charge in [0.1, 0.15) is 0 Å². The van der Waals surface area contributed by atoms with E-state index in [2.05, 4.69) is 45.4 Å². The fourth-order valence-corrected chi connectivity index (χ4v) is 3.92. The SMILES string of the molecule is O=C(CCCN1CCN(c2ccccc2)CC1)NCC1CCCC1O. The minimum atomic E-state index is -0.221. The van der Waals surface area contributed by atoms with E-state index in [0.29, 0.717) is 13.0 Å². The number of benzene rings is 1. The van der Waals surface area contributed by atoms with Crippen LogP contribution in [0, 0.1) is 5.92 Å². The minimum Gasteiger partial charge on any atom is -0.393 e. The highest BCUT2D eigenvalue weighted by molar-refractivity contribution is 5.75. The Balaban J connectivity index is 1.28. The maximum absolute atomic E-state index is 12.0. The molecule has 5 nitrogen and oxygen atoms in total. The molecular formula is C20H31N3O2. The van der Waals surface area contributed by atoms with Crippen LogP contribution in [0.25, 0.3) is 0 Å². The predicted octanol–water partition coefficient (Wildman–Crippen LogP) is 1.87. The van der Waals surface area contributed by atoms with Gasteiger partial charge in [-0.15, -0.1) is 0 Å². The molecule has 2 unspecified atom stereocenters. The van der Waals surface area contributed by atoms with Crippen molar-refractivity contribution in [1.82, 2.24) is 10.2 Å². The van der Waals surface area contributed by atoms with Crippen LogP contribution >= 0.6 is 0 Å². The first-order valence-electron chi connectivity index (χ1n) is 9.69. The molecule has 3 rings (SSSR count). The number of carbonyl (C=O) groups is 1. The number of carbonyl (C=O) groups excluding carboxylic acids is 1. The number of aliphatic hydroxyl groups excluding tert-OH is 1. The second kappa shape index (κ2) is 9.20. The largest absolute Gasteiger partial charge is 0.393 e. The average molecular weight is 345 g/mol. The van der Waals surface area contributed by atoms with Crippen molar-refractivity contribution in [3.05, 3.63) is 30.3 Å². The van der Waals surface area contributed by atoms with E-state index in [1.54, 1.807) is 0 Å². The molecular weight excluding hydrogens is 314 g/mol. The van der Waals surface area contributed by atoms with Crippen LogP contribution in [-0.2, 0) is 4.79 Å². The van der Waals surface area contributed by atoms with Crippen molar-refractivity contribution in [2.45, 2.75) is 38.2 Å². The summed E-state index contributed by atoms with van der Waals surface area (Å²) in [7, 11) is 0. The van der Waals surface area contributed by atoms with Crippen LogP contribution in [0.4, 0.5) is 5.69 Å². The minimum absolute atomic E-state index is 0.127. The maximum atomic E-state index is 12.0. The van der Waals surface area contributed by atoms with Crippen LogP contribution < -0.4 is 10.2 Å². The van der Waals surface area contributed by atoms with Crippen molar-refractivity contribution >= 4 is 11.6 Å². The molecule has 1 aliphatic heterocycles. The number of nitrogens with zero attached hydrogens (tertiary/aromatic N) is 2. The van der Waals surface area contributed by atoms with Gasteiger partial charge in [-0.3, -0.25) is 9.69 Å². The van der Waals surface area contributed by atoms with Gasteiger partial charge in [0.15, 0.2) is 0 Å². The molecule has 1 heterocycles. The van der Waals surface area contributed by atoms with Gasteiger partial charge in [0.25, 0.3) is 0 Å². The van der Waals surface area contributed by atoms with Gasteiger partial charge in [-0.25, -0.2) is 0 Å². The first-order chi connectivity index (χ1) is 12.2. The molecule has 1 amide bonds. The van der Waals surface area contributed by atoms with E-state index in [9.17, 15) is 9.90 Å². The molecule has 1 aromatic carbocycles. The standard InChI is InChI=1S/C20H31N3O2/c24-19-9-4-6-17(19)16-21-20(25)10-5-11-22-12-14-23(15-13-22)18-7-2-1-3-8-18/h1-3,7-8,17,19,24H,4-6,9-16H2,(H,21,25). The Morgan fingerprint density at radius 1 is 1.12 bits per heavy atom. The number of anilines is 1. The molecule has 1 aromatic rings. The Kier molecular flexibility index (Phi) is 6.70. The Hall–Kier alpha value is -1.59. The highest BCUT2D eigenvalue weighted by atomic mass is 16.3. The summed E-state index contributed by atoms with van der Waals surface area (Å²) in [5.41, 5.74) is 1.30. The molecule has 2 atom stereocenters. The lowest BCUT2D eigenvalue weighted by molar-refractivity contribution is -0.121. The fraction of sp³-hybridized carbons (Fsp3) is 0.650. The van der Waals surface area contributed by atoms with Gasteiger partial charge in [-0.05, 0) is 37.9 Å². The summed E-state index contributed by atoms with van der Waals surface area (Å²) in [5, 5.41) is 12.8. The van der Waals surface area contributed by atoms with E-state index in [1.807, 2.05) is 0 Å². The molecule has 2 aliphatic rings. The Bertz CT molecular complexity index is 529. The van der Waals surface area contributed by atoms with Crippen molar-refractivity contribution in [2.24, 2.45) is 5.92 Å². The lowest BCUT2D eigenvalue weighted by atomic mass is 10.1. The number of amides is 1. The highest BCUT2D eigenvalue weighted by Gasteiger charge is 2.25. The molecule has 2 N–H and O–H groups in total. The monoisotopic (exact) mass is 345 g/mol. The van der Waals surface area contributed by atoms with Crippen LogP contribution in [0.15, 0.2) is 30.3 Å². The van der Waals surface area contributed by atoms with Crippen LogP contribution in [0.3, 0.4) is 0 Å². The topological polar surface area (TPSA) is 55.8 Å². The van der Waals surface area contributed by atoms with Gasteiger partial charge in [0, 0.05) is 50.7 Å². The van der Waals surface area contributed by atoms with Gasteiger partial charge in [0.2, 0.25) is 5.91 Å². The van der Waals surface area contributed by atoms with Crippen LogP contribution in [0.2, 0.25) is 0 Å². The normalized spacial score (nSPS) is 24.4. The number of hydrogen-bond donors (Lipinski definition) is 2. The van der Waals surface area contributed by atoms with Crippen molar-refractivity contribution in [2.75, 3.05) is 44.2 Å². The Morgan fingerprint density at radius 3 is 2.56 bits per heavy atom. The molecule has 1 aliphatic carbocycles. The fourth-order valence-electron chi connectivity index (χ4n) is 3.92. The van der Waals surface area contributed by atoms with Crippen LogP contribution in [0.1, 0.15) is 32.1 Å². The molecule has 25 heavy (non-hydrogen) atoms. The van der Waals surface area contributed by atoms with E-state index >= 15 is 0 Å². The highest BCUT2D eigenvalue weighted by Crippen LogP contribution is 2.24. The van der Waals surface area contributed by atoms with Gasteiger partial charge >= 0.3 is 0 Å². The maximum Gasteiger partial charge on any atom is 0.220 e. The van der Waals surface area contributed by atoms with Gasteiger partial charge in [0.05, 0.1) is 6.10 Å². The van der Waals surface area contributed by atoms with E-state index in [-0.39, 0.29) is 17.9 Å². The van der Waals surface area contributed by atoms with Crippen LogP contribution in [-0.4, -0.2) is 61.3 Å². The number of aliphatic hydroxyl groups is 1. The molecule has 0 aromatic heterocycles. The number of piperazine rings is 1. The molecule has 1 saturated carbocycles. The first kappa shape index (κ1) is 18.2. The number of hydrogen-bond acceptors (Lipinski definition) is 4. The quantitative estimate of drug-likeness (QED) is 0.792. The molecule has 138 valence electrons. The summed E-state index contributed by atoms with van der Waals surface area (Å²) < 4.78 is 0. The second-order valence-corrected chi connectivity index (χ2v) is 7.33. The van der Waals surface area contributed by atoms with Gasteiger partial charge in [-0.1, -0.05) is 24.6 Å². The summed E-state index contributed by atoms with van der Waals surface area (Å²) >= 11 is 0. The zero-order chi connectivity index (χ0) is 17.5. The summed E-state index contributed by atoms with van der Waals surface area (Å²) in [6.45, 7) is 5.85. The predicted molar refractivity (Wildman–Crippen MR) is 101 cm³/mol. The van der Waals surface area contributed by atoms with Crippen molar-refractivity contribution in [3.63, 3.8) is 0 Å². The lowest BCUT2D eigenvalue weighted by Crippen LogP contribution is -2.46. The van der Waals surface area contributed by atoms with Crippen molar-refractivity contribution in [1.29, 1.82) is 0 Å². The third-order valence-electron chi connectivity index (χ3n) is 5.55. The van der Waals surface area contributed by atoms with Crippen LogP contribution in [0.5, 0.6) is 0 Å². The lowest BCUT2D eigenvalue weighted by Gasteiger charge is -2.36. The molecule has 0 radical (unpaired) electrons. The summed E-state index contributed by atoms with van der Waals surface area (Å²) in [5.74, 6) is 0.386. The van der Waals surface area contributed by atoms with E-state index in [0.717, 1.165) is 58.4 Å². The van der Waals surface area contributed by atoms with Crippen molar-refractivity contribution in [3.8, 4) is 0 Å². The van der Waals surface area contributed by atoms with Gasteiger partial charge in [-0.2, -0.15) is 0 Å². The summed E-state index contributed by atoms with van der Waals surface area (Å²) in [6.07, 6.45) is 4.27. The zero-order valence-corrected chi connectivity index (χ0v) is 15.1. The molecule has 5 heteroatoms. The van der Waals surface area contributed by atoms with E-state index in [4.69, 9.17) is 0 Å². The smallest absolute Gasteiger partial charge is 0.220 e. The average Bonchev–Trinajstić information content (AvgIpc) is 3.06. The summed E-state index contributed by atoms with van der Waals surface area (Å²) in [6, 6.07) is 10.6. The molecule has 0 spiro atoms. The molecule has 0 bridgehead atoms. The molecule has 1 saturated heterocycles. The molecule has 2 fully saturated rings. The van der Waals surface area contributed by atoms with E-state index in [1.165, 1.54) is 5.69 Å². The Morgan fingerprint density at radius 2 is 1.88 bits per heavy atom. The van der Waals surface area contributed by atoms with Gasteiger partial charge < -0.3 is 15.3 Å². The number of rotatable bonds is 7. The third-order valence-corrected chi connectivity index (χ3v) is 5.55. The van der Waals surface area contributed by atoms with Crippen molar-refractivity contribution < 1.29 is 9.90 Å². The van der Waals surface area contributed by atoms with E-state index < -0.39 is 0 Å². The second-order valence-electron chi connectivity index (χ2n) is 7.33. The zero-order valence-electron chi connectivity index (χ0n) is 15.1. The Labute approximate surface area is 151 Å². The number of nitrogens with one attached hydrogen (secondary N) is 1. The third kappa shape index (κ3) is 5.44. The summed E-state index contributed by atoms with van der Waals surface area (Å²) in [4.78, 5) is 16.8. The first-order valence-corrected chi connectivity index (χ1v) is 9.69.